The second kappa shape index (κ2) is 6.02. The molecule has 2 aliphatic heterocycles. The van der Waals surface area contributed by atoms with Crippen LogP contribution in [0.25, 0.3) is 5.65 Å². The topological polar surface area (TPSA) is 81.2 Å². The highest BCUT2D eigenvalue weighted by Crippen LogP contribution is 2.37. The summed E-state index contributed by atoms with van der Waals surface area (Å²) in [7, 11) is 1.88. The smallest absolute Gasteiger partial charge is 0.259 e. The molecule has 0 bridgehead atoms. The molecule has 1 fully saturated rings. The molecule has 1 N–H and O–H groups in total. The number of hydrogen-bond acceptors (Lipinski definition) is 5. The van der Waals surface area contributed by atoms with E-state index in [0.29, 0.717) is 30.8 Å². The van der Waals surface area contributed by atoms with Crippen LogP contribution < -0.4 is 9.47 Å². The van der Waals surface area contributed by atoms with E-state index in [4.69, 9.17) is 9.47 Å². The third-order valence-electron chi connectivity index (χ3n) is 5.46. The Balaban J connectivity index is 1.35. The minimum absolute atomic E-state index is 0.0363. The van der Waals surface area contributed by atoms with Crippen molar-refractivity contribution in [2.24, 2.45) is 7.05 Å². The summed E-state index contributed by atoms with van der Waals surface area (Å²) in [5, 5.41) is 15.0. The zero-order chi connectivity index (χ0) is 18.5. The summed E-state index contributed by atoms with van der Waals surface area (Å²) >= 11 is 0. The van der Waals surface area contributed by atoms with Gasteiger partial charge in [0.25, 0.3) is 5.91 Å². The molecule has 8 heteroatoms. The van der Waals surface area contributed by atoms with Gasteiger partial charge in [0.1, 0.15) is 11.2 Å². The van der Waals surface area contributed by atoms with E-state index in [0.717, 1.165) is 17.0 Å². The normalized spacial score (nSPS) is 21.8. The van der Waals surface area contributed by atoms with Gasteiger partial charge in [-0.15, -0.1) is 0 Å². The molecule has 2 aromatic heterocycles. The van der Waals surface area contributed by atoms with Crippen LogP contribution in [0.2, 0.25) is 0 Å². The number of aryl methyl sites for hydroxylation is 1. The average Bonchev–Trinajstić information content (AvgIpc) is 3.38. The second-order valence-electron chi connectivity index (χ2n) is 7.06. The summed E-state index contributed by atoms with van der Waals surface area (Å²) in [6, 6.07) is 5.77. The first-order valence-corrected chi connectivity index (χ1v) is 8.97. The molecule has 27 heavy (non-hydrogen) atoms. The van der Waals surface area contributed by atoms with Crippen LogP contribution in [0.4, 0.5) is 0 Å². The number of aromatic nitrogens is 3. The van der Waals surface area contributed by atoms with E-state index >= 15 is 0 Å². The minimum Gasteiger partial charge on any atom is -0.454 e. The van der Waals surface area contributed by atoms with Crippen molar-refractivity contribution in [3.63, 3.8) is 0 Å². The van der Waals surface area contributed by atoms with Crippen LogP contribution in [0.15, 0.2) is 36.8 Å². The quantitative estimate of drug-likeness (QED) is 0.739. The first kappa shape index (κ1) is 16.2. The van der Waals surface area contributed by atoms with Gasteiger partial charge in [0.2, 0.25) is 6.79 Å². The number of rotatable bonds is 2. The van der Waals surface area contributed by atoms with Gasteiger partial charge in [-0.1, -0.05) is 6.07 Å². The number of fused-ring (bicyclic) bond motifs is 2. The number of nitrogens with zero attached hydrogens (tertiary/aromatic N) is 4. The Hall–Kier alpha value is -3.00. The lowest BCUT2D eigenvalue weighted by Gasteiger charge is -2.36. The van der Waals surface area contributed by atoms with E-state index in [1.54, 1.807) is 15.6 Å². The summed E-state index contributed by atoms with van der Waals surface area (Å²) in [5.74, 6) is 1.30. The fourth-order valence-corrected chi connectivity index (χ4v) is 4.02. The maximum atomic E-state index is 13.0. The number of hydrogen-bond donors (Lipinski definition) is 1. The number of imidazole rings is 1. The number of carbonyl (C=O) groups is 1. The van der Waals surface area contributed by atoms with Gasteiger partial charge in [-0.25, -0.2) is 4.52 Å². The van der Waals surface area contributed by atoms with Crippen LogP contribution in [0.5, 0.6) is 11.5 Å². The van der Waals surface area contributed by atoms with Gasteiger partial charge in [-0.05, 0) is 24.1 Å². The van der Waals surface area contributed by atoms with E-state index < -0.39 is 6.10 Å². The maximum Gasteiger partial charge on any atom is 0.259 e. The van der Waals surface area contributed by atoms with Gasteiger partial charge in [-0.3, -0.25) is 4.79 Å². The molecule has 8 nitrogen and oxygen atoms in total. The third-order valence-corrected chi connectivity index (χ3v) is 5.46. The number of amides is 1. The molecule has 5 rings (SSSR count). The highest BCUT2D eigenvalue weighted by atomic mass is 16.7. The largest absolute Gasteiger partial charge is 0.454 e. The van der Waals surface area contributed by atoms with E-state index in [1.807, 2.05) is 42.2 Å². The van der Waals surface area contributed by atoms with Crippen molar-refractivity contribution < 1.29 is 19.4 Å². The molecule has 140 valence electrons. The summed E-state index contributed by atoms with van der Waals surface area (Å²) < 4.78 is 14.3. The molecule has 4 heterocycles. The van der Waals surface area contributed by atoms with Crippen LogP contribution in [-0.4, -0.2) is 56.1 Å². The van der Waals surface area contributed by atoms with Crippen LogP contribution in [0, 0.1) is 0 Å². The molecular formula is C19H20N4O4. The lowest BCUT2D eigenvalue weighted by molar-refractivity contribution is 0.0383. The molecule has 0 radical (unpaired) electrons. The maximum absolute atomic E-state index is 13.0. The molecule has 0 aliphatic carbocycles. The van der Waals surface area contributed by atoms with E-state index in [2.05, 4.69) is 5.10 Å². The monoisotopic (exact) mass is 368 g/mol. The van der Waals surface area contributed by atoms with Gasteiger partial charge in [0.05, 0.1) is 12.3 Å². The van der Waals surface area contributed by atoms with Crippen molar-refractivity contribution in [1.82, 2.24) is 19.1 Å². The van der Waals surface area contributed by atoms with Gasteiger partial charge >= 0.3 is 0 Å². The Morgan fingerprint density at radius 2 is 2.11 bits per heavy atom. The van der Waals surface area contributed by atoms with Crippen LogP contribution in [0.1, 0.15) is 28.3 Å². The van der Waals surface area contributed by atoms with Crippen molar-refractivity contribution in [3.8, 4) is 11.5 Å². The molecule has 2 aliphatic rings. The Morgan fingerprint density at radius 3 is 2.96 bits per heavy atom. The van der Waals surface area contributed by atoms with Crippen LogP contribution in [0.3, 0.4) is 0 Å². The number of benzene rings is 1. The molecule has 1 amide bonds. The van der Waals surface area contributed by atoms with Crippen LogP contribution in [-0.2, 0) is 7.05 Å². The zero-order valence-electron chi connectivity index (χ0n) is 14.9. The Morgan fingerprint density at radius 1 is 1.26 bits per heavy atom. The van der Waals surface area contributed by atoms with Gasteiger partial charge in [-0.2, -0.15) is 5.10 Å². The lowest BCUT2D eigenvalue weighted by atomic mass is 9.86. The molecule has 0 saturated carbocycles. The van der Waals surface area contributed by atoms with E-state index in [1.165, 1.54) is 0 Å². The summed E-state index contributed by atoms with van der Waals surface area (Å²) in [4.78, 5) is 14.7. The number of aliphatic hydroxyl groups excluding tert-OH is 1. The fraction of sp³-hybridized carbons (Fsp3) is 0.368. The number of piperidine rings is 1. The Kier molecular flexibility index (Phi) is 3.61. The number of ether oxygens (including phenoxy) is 2. The summed E-state index contributed by atoms with van der Waals surface area (Å²) in [5.41, 5.74) is 2.32. The number of carbonyl (C=O) groups excluding carboxylic acids is 1. The first-order valence-electron chi connectivity index (χ1n) is 8.97. The molecule has 0 spiro atoms. The number of aliphatic hydroxyl groups is 1. The van der Waals surface area contributed by atoms with Crippen LogP contribution >= 0.6 is 0 Å². The molecule has 3 aromatic rings. The molecule has 1 saturated heterocycles. The standard InChI is InChI=1S/C19H20N4O4/c1-21-6-7-23-18(21)14(9-20-23)19(25)22-5-4-13(15(24)10-22)12-2-3-16-17(8-12)27-11-26-16/h2-3,6-9,13,15,24H,4-5,10-11H2,1H3. The molecule has 2 atom stereocenters. The van der Waals surface area contributed by atoms with Gasteiger partial charge in [0, 0.05) is 38.4 Å². The molecular weight excluding hydrogens is 348 g/mol. The predicted octanol–water partition coefficient (Wildman–Crippen LogP) is 1.39. The van der Waals surface area contributed by atoms with Gasteiger partial charge in [0.15, 0.2) is 11.5 Å². The van der Waals surface area contributed by atoms with Crippen molar-refractivity contribution in [2.75, 3.05) is 19.9 Å². The molecule has 1 aromatic carbocycles. The average molecular weight is 368 g/mol. The van der Waals surface area contributed by atoms with Crippen molar-refractivity contribution in [3.05, 3.63) is 47.9 Å². The third kappa shape index (κ3) is 2.56. The first-order chi connectivity index (χ1) is 13.1. The zero-order valence-corrected chi connectivity index (χ0v) is 14.9. The Labute approximate surface area is 155 Å². The SMILES string of the molecule is Cn1ccn2ncc(C(=O)N3CCC(c4ccc5c(c4)OCO5)C(O)C3)c12. The van der Waals surface area contributed by atoms with E-state index in [-0.39, 0.29) is 18.6 Å². The number of β-amino-alcohol motifs (C(OH)–C–C–N with tert-alkyl or cyclic N) is 1. The fourth-order valence-electron chi connectivity index (χ4n) is 4.02. The lowest BCUT2D eigenvalue weighted by Crippen LogP contribution is -2.45. The van der Waals surface area contributed by atoms with Crippen molar-refractivity contribution in [1.29, 1.82) is 0 Å². The van der Waals surface area contributed by atoms with Crippen molar-refractivity contribution in [2.45, 2.75) is 18.4 Å². The highest BCUT2D eigenvalue weighted by molar-refractivity contribution is 5.99. The minimum atomic E-state index is -0.637. The summed E-state index contributed by atoms with van der Waals surface area (Å²) in [6.07, 6.45) is 5.31. The highest BCUT2D eigenvalue weighted by Gasteiger charge is 2.33. The summed E-state index contributed by atoms with van der Waals surface area (Å²) in [6.45, 7) is 1.10. The second-order valence-corrected chi connectivity index (χ2v) is 7.06. The Bertz CT molecular complexity index is 1020. The van der Waals surface area contributed by atoms with Crippen molar-refractivity contribution >= 4 is 11.6 Å². The molecule has 2 unspecified atom stereocenters. The van der Waals surface area contributed by atoms with E-state index in [9.17, 15) is 9.90 Å². The predicted molar refractivity (Wildman–Crippen MR) is 96.0 cm³/mol. The van der Waals surface area contributed by atoms with Gasteiger partial charge < -0.3 is 24.0 Å². The number of likely N-dealkylation sites (tertiary alicyclic amines) is 1.